The molecule has 25 heavy (non-hydrogen) atoms. The maximum Gasteiger partial charge on any atom is 0.320 e. The summed E-state index contributed by atoms with van der Waals surface area (Å²) in [6.07, 6.45) is 1.97. The lowest BCUT2D eigenvalue weighted by Gasteiger charge is -2.05. The van der Waals surface area contributed by atoms with Crippen LogP contribution in [0.1, 0.15) is 25.3 Å². The Labute approximate surface area is 145 Å². The van der Waals surface area contributed by atoms with Crippen molar-refractivity contribution in [2.75, 3.05) is 11.9 Å². The molecule has 0 unspecified atom stereocenters. The van der Waals surface area contributed by atoms with E-state index in [4.69, 9.17) is 5.26 Å². The summed E-state index contributed by atoms with van der Waals surface area (Å²) in [7, 11) is 0. The maximum atomic E-state index is 11.9. The number of aromatic amines is 1. The number of hydrogen-bond donors (Lipinski definition) is 3. The van der Waals surface area contributed by atoms with Crippen molar-refractivity contribution in [3.8, 4) is 17.2 Å². The molecule has 0 spiro atoms. The molecule has 0 saturated carbocycles. The molecule has 0 radical (unpaired) electrons. The van der Waals surface area contributed by atoms with Gasteiger partial charge in [0, 0.05) is 11.9 Å². The number of nitriles is 1. The fourth-order valence-corrected chi connectivity index (χ4v) is 2.59. The highest BCUT2D eigenvalue weighted by atomic mass is 16.2. The van der Waals surface area contributed by atoms with Crippen molar-refractivity contribution >= 4 is 22.8 Å². The van der Waals surface area contributed by atoms with E-state index in [-0.39, 0.29) is 6.03 Å². The number of carbonyl (C=O) groups is 1. The van der Waals surface area contributed by atoms with Crippen molar-refractivity contribution in [2.45, 2.75) is 19.8 Å². The zero-order chi connectivity index (χ0) is 17.6. The normalized spacial score (nSPS) is 10.4. The lowest BCUT2D eigenvalue weighted by Crippen LogP contribution is -2.29. The Kier molecular flexibility index (Phi) is 4.95. The van der Waals surface area contributed by atoms with Crippen LogP contribution in [0.15, 0.2) is 42.5 Å². The van der Waals surface area contributed by atoms with Gasteiger partial charge in [-0.25, -0.2) is 4.79 Å². The summed E-state index contributed by atoms with van der Waals surface area (Å²) in [5.41, 5.74) is 3.38. The molecule has 6 heteroatoms. The van der Waals surface area contributed by atoms with Gasteiger partial charge in [-0.15, -0.1) is 0 Å². The Bertz CT molecular complexity index is 938. The monoisotopic (exact) mass is 333 g/mol. The summed E-state index contributed by atoms with van der Waals surface area (Å²) in [5.74, 6) is 0.501. The first-order valence-corrected chi connectivity index (χ1v) is 8.25. The molecule has 0 aliphatic rings. The zero-order valence-electron chi connectivity index (χ0n) is 14.0. The van der Waals surface area contributed by atoms with Crippen molar-refractivity contribution < 1.29 is 4.79 Å². The predicted molar refractivity (Wildman–Crippen MR) is 98.2 cm³/mol. The summed E-state index contributed by atoms with van der Waals surface area (Å²) in [6, 6.07) is 15.1. The smallest absolute Gasteiger partial charge is 0.320 e. The van der Waals surface area contributed by atoms with Gasteiger partial charge in [-0.05, 0) is 41.8 Å². The molecule has 0 bridgehead atoms. The van der Waals surface area contributed by atoms with Crippen molar-refractivity contribution in [3.05, 3.63) is 48.0 Å². The van der Waals surface area contributed by atoms with Crippen LogP contribution in [0.2, 0.25) is 0 Å². The minimum Gasteiger partial charge on any atom is -0.338 e. The molecule has 2 aromatic carbocycles. The van der Waals surface area contributed by atoms with Gasteiger partial charge in [0.15, 0.2) is 5.82 Å². The maximum absolute atomic E-state index is 11.9. The van der Waals surface area contributed by atoms with Gasteiger partial charge in [0.25, 0.3) is 0 Å². The van der Waals surface area contributed by atoms with Gasteiger partial charge in [-0.3, -0.25) is 10.4 Å². The highest BCUT2D eigenvalue weighted by Crippen LogP contribution is 2.27. The summed E-state index contributed by atoms with van der Waals surface area (Å²) >= 11 is 0. The minimum absolute atomic E-state index is 0.257. The van der Waals surface area contributed by atoms with Gasteiger partial charge in [0.1, 0.15) is 0 Å². The van der Waals surface area contributed by atoms with Crippen LogP contribution in [0.5, 0.6) is 0 Å². The van der Waals surface area contributed by atoms with Crippen LogP contribution < -0.4 is 10.6 Å². The predicted octanol–water partition coefficient (Wildman–Crippen LogP) is 4.02. The molecule has 0 saturated heterocycles. The van der Waals surface area contributed by atoms with Gasteiger partial charge in [-0.2, -0.15) is 10.4 Å². The number of nitrogens with one attached hydrogen (secondary N) is 3. The van der Waals surface area contributed by atoms with Crippen molar-refractivity contribution in [2.24, 2.45) is 0 Å². The van der Waals surface area contributed by atoms with Crippen LogP contribution in [0, 0.1) is 11.3 Å². The number of rotatable bonds is 5. The number of carbonyl (C=O) groups excluding carboxylic acids is 1. The molecule has 3 aromatic rings. The zero-order valence-corrected chi connectivity index (χ0v) is 14.0. The van der Waals surface area contributed by atoms with E-state index in [9.17, 15) is 4.79 Å². The summed E-state index contributed by atoms with van der Waals surface area (Å²) in [5, 5.41) is 22.6. The van der Waals surface area contributed by atoms with Crippen molar-refractivity contribution in [1.82, 2.24) is 15.5 Å². The van der Waals surface area contributed by atoms with Gasteiger partial charge >= 0.3 is 6.03 Å². The van der Waals surface area contributed by atoms with Crippen LogP contribution in [0.25, 0.3) is 22.0 Å². The molecule has 126 valence electrons. The minimum atomic E-state index is -0.257. The first-order valence-electron chi connectivity index (χ1n) is 8.25. The Balaban J connectivity index is 1.81. The Morgan fingerprint density at radius 2 is 2.08 bits per heavy atom. The molecule has 0 aliphatic carbocycles. The summed E-state index contributed by atoms with van der Waals surface area (Å²) < 4.78 is 0. The van der Waals surface area contributed by atoms with Crippen LogP contribution in [-0.4, -0.2) is 22.8 Å². The Morgan fingerprint density at radius 1 is 1.24 bits per heavy atom. The van der Waals surface area contributed by atoms with E-state index in [1.807, 2.05) is 36.4 Å². The molecule has 1 aromatic heterocycles. The van der Waals surface area contributed by atoms with Crippen LogP contribution in [0.4, 0.5) is 10.6 Å². The number of unbranched alkanes of at least 4 members (excludes halogenated alkanes) is 1. The third-order valence-corrected chi connectivity index (χ3v) is 3.94. The van der Waals surface area contributed by atoms with Crippen LogP contribution in [0.3, 0.4) is 0 Å². The Hall–Kier alpha value is -3.33. The number of benzene rings is 2. The second-order valence-corrected chi connectivity index (χ2v) is 5.76. The standard InChI is InChI=1S/C19H19N5O/c1-2-3-9-21-19(25)22-18-16-8-7-15(11-17(16)23-24-18)14-6-4-5-13(10-14)12-20/h4-8,10-11H,2-3,9H2,1H3,(H3,21,22,23,24,25). The fraction of sp³-hybridized carbons (Fsp3) is 0.211. The van der Waals surface area contributed by atoms with Crippen molar-refractivity contribution in [3.63, 3.8) is 0 Å². The number of nitrogens with zero attached hydrogens (tertiary/aromatic N) is 2. The van der Waals surface area contributed by atoms with E-state index in [2.05, 4.69) is 33.8 Å². The molecule has 3 N–H and O–H groups in total. The fourth-order valence-electron chi connectivity index (χ4n) is 2.59. The van der Waals surface area contributed by atoms with E-state index >= 15 is 0 Å². The molecular weight excluding hydrogens is 314 g/mol. The highest BCUT2D eigenvalue weighted by molar-refractivity contribution is 6.00. The van der Waals surface area contributed by atoms with E-state index in [1.54, 1.807) is 6.07 Å². The number of amides is 2. The number of urea groups is 1. The van der Waals surface area contributed by atoms with Crippen molar-refractivity contribution in [1.29, 1.82) is 5.26 Å². The highest BCUT2D eigenvalue weighted by Gasteiger charge is 2.10. The number of hydrogen-bond acceptors (Lipinski definition) is 3. The van der Waals surface area contributed by atoms with E-state index in [1.165, 1.54) is 0 Å². The number of fused-ring (bicyclic) bond motifs is 1. The van der Waals surface area contributed by atoms with E-state index in [0.29, 0.717) is 17.9 Å². The number of H-pyrrole nitrogens is 1. The van der Waals surface area contributed by atoms with E-state index in [0.717, 1.165) is 34.9 Å². The average molecular weight is 333 g/mol. The summed E-state index contributed by atoms with van der Waals surface area (Å²) in [4.78, 5) is 11.9. The summed E-state index contributed by atoms with van der Waals surface area (Å²) in [6.45, 7) is 2.72. The largest absolute Gasteiger partial charge is 0.338 e. The first kappa shape index (κ1) is 16.5. The second-order valence-electron chi connectivity index (χ2n) is 5.76. The molecular formula is C19H19N5O. The quantitative estimate of drug-likeness (QED) is 0.615. The average Bonchev–Trinajstić information content (AvgIpc) is 3.04. The molecule has 2 amide bonds. The molecule has 0 fully saturated rings. The first-order chi connectivity index (χ1) is 12.2. The van der Waals surface area contributed by atoms with Gasteiger partial charge < -0.3 is 5.32 Å². The number of anilines is 1. The van der Waals surface area contributed by atoms with Gasteiger partial charge in [0.2, 0.25) is 0 Å². The third kappa shape index (κ3) is 3.78. The lowest BCUT2D eigenvalue weighted by atomic mass is 10.0. The molecule has 0 atom stereocenters. The SMILES string of the molecule is CCCCNC(=O)Nc1n[nH]c2cc(-c3cccc(C#N)c3)ccc12. The molecule has 0 aliphatic heterocycles. The lowest BCUT2D eigenvalue weighted by molar-refractivity contribution is 0.252. The molecule has 3 rings (SSSR count). The van der Waals surface area contributed by atoms with E-state index < -0.39 is 0 Å². The third-order valence-electron chi connectivity index (χ3n) is 3.94. The molecule has 1 heterocycles. The topological polar surface area (TPSA) is 93.6 Å². The van der Waals surface area contributed by atoms with Gasteiger partial charge in [-0.1, -0.05) is 31.5 Å². The Morgan fingerprint density at radius 3 is 2.88 bits per heavy atom. The number of aromatic nitrogens is 2. The van der Waals surface area contributed by atoms with Crippen LogP contribution in [-0.2, 0) is 0 Å². The second kappa shape index (κ2) is 7.49. The van der Waals surface area contributed by atoms with Crippen LogP contribution >= 0.6 is 0 Å². The molecule has 6 nitrogen and oxygen atoms in total. The van der Waals surface area contributed by atoms with Gasteiger partial charge in [0.05, 0.1) is 17.1 Å².